The Bertz CT molecular complexity index is 1180. The normalized spacial score (nSPS) is 13.4. The third-order valence-electron chi connectivity index (χ3n) is 6.06. The average Bonchev–Trinajstić information content (AvgIpc) is 3.28. The van der Waals surface area contributed by atoms with Crippen molar-refractivity contribution >= 4 is 23.3 Å². The summed E-state index contributed by atoms with van der Waals surface area (Å²) < 4.78 is 5.33. The molecule has 0 saturated heterocycles. The highest BCUT2D eigenvalue weighted by atomic mass is 16.5. The van der Waals surface area contributed by atoms with Crippen molar-refractivity contribution in [1.29, 1.82) is 0 Å². The Morgan fingerprint density at radius 2 is 1.82 bits per heavy atom. The molecule has 0 spiro atoms. The molecule has 1 heterocycles. The molecule has 0 radical (unpaired) electrons. The molecule has 0 fully saturated rings. The molecular formula is C27H30N4O3. The van der Waals surface area contributed by atoms with Crippen molar-refractivity contribution in [1.82, 2.24) is 10.2 Å². The number of benzene rings is 3. The zero-order valence-corrected chi connectivity index (χ0v) is 19.7. The minimum Gasteiger partial charge on any atom is -0.497 e. The number of ether oxygens (including phenoxy) is 1. The summed E-state index contributed by atoms with van der Waals surface area (Å²) in [6, 6.07) is 22.5. The Kier molecular flexibility index (Phi) is 7.13. The number of hydrogen-bond acceptors (Lipinski definition) is 4. The van der Waals surface area contributed by atoms with Crippen LogP contribution < -0.4 is 20.3 Å². The highest BCUT2D eigenvalue weighted by Gasteiger charge is 2.25. The first-order valence-electron chi connectivity index (χ1n) is 11.3. The third-order valence-corrected chi connectivity index (χ3v) is 6.06. The maximum atomic E-state index is 13.1. The van der Waals surface area contributed by atoms with Crippen molar-refractivity contribution in [3.8, 4) is 5.75 Å². The van der Waals surface area contributed by atoms with Crippen LogP contribution in [0, 0.1) is 0 Å². The van der Waals surface area contributed by atoms with E-state index in [0.29, 0.717) is 24.3 Å². The summed E-state index contributed by atoms with van der Waals surface area (Å²) in [4.78, 5) is 29.6. The fourth-order valence-electron chi connectivity index (χ4n) is 4.25. The summed E-state index contributed by atoms with van der Waals surface area (Å²) in [6.07, 6.45) is 0.850. The first-order chi connectivity index (χ1) is 16.5. The summed E-state index contributed by atoms with van der Waals surface area (Å²) in [5, 5.41) is 5.79. The molecule has 7 nitrogen and oxygen atoms in total. The van der Waals surface area contributed by atoms with Gasteiger partial charge in [-0.05, 0) is 68.0 Å². The number of amides is 3. The third kappa shape index (κ3) is 5.21. The number of anilines is 2. The smallest absolute Gasteiger partial charge is 0.319 e. The van der Waals surface area contributed by atoms with Gasteiger partial charge in [0.15, 0.2) is 0 Å². The molecule has 176 valence electrons. The SMILES string of the molecule is COc1cccc(C(CNC(=O)Nc2cccc(C(=O)N3CCc4ccccc43)c2)N(C)C)c1. The number of nitrogens with zero attached hydrogens (tertiary/aromatic N) is 2. The molecule has 3 aromatic carbocycles. The minimum absolute atomic E-state index is 0.0241. The Morgan fingerprint density at radius 1 is 1.03 bits per heavy atom. The topological polar surface area (TPSA) is 73.9 Å². The van der Waals surface area contributed by atoms with E-state index in [1.807, 2.05) is 61.5 Å². The van der Waals surface area contributed by atoms with Gasteiger partial charge in [0, 0.05) is 30.0 Å². The zero-order valence-electron chi connectivity index (χ0n) is 19.7. The number of hydrogen-bond donors (Lipinski definition) is 2. The largest absolute Gasteiger partial charge is 0.497 e. The number of rotatable bonds is 7. The van der Waals surface area contributed by atoms with Gasteiger partial charge in [0.1, 0.15) is 5.75 Å². The molecular weight excluding hydrogens is 428 g/mol. The van der Waals surface area contributed by atoms with Crippen molar-refractivity contribution in [2.24, 2.45) is 0 Å². The minimum atomic E-state index is -0.328. The Labute approximate surface area is 200 Å². The lowest BCUT2D eigenvalue weighted by molar-refractivity contribution is 0.0989. The molecule has 7 heteroatoms. The van der Waals surface area contributed by atoms with Gasteiger partial charge in [-0.2, -0.15) is 0 Å². The van der Waals surface area contributed by atoms with E-state index in [4.69, 9.17) is 4.74 Å². The highest BCUT2D eigenvalue weighted by Crippen LogP contribution is 2.29. The molecule has 0 bridgehead atoms. The number of likely N-dealkylation sites (N-methyl/N-ethyl adjacent to an activating group) is 1. The van der Waals surface area contributed by atoms with E-state index in [-0.39, 0.29) is 18.0 Å². The van der Waals surface area contributed by atoms with Crippen LogP contribution in [0.4, 0.5) is 16.2 Å². The number of methoxy groups -OCH3 is 1. The second kappa shape index (κ2) is 10.4. The predicted octanol–water partition coefficient (Wildman–Crippen LogP) is 4.32. The van der Waals surface area contributed by atoms with Crippen LogP contribution in [0.1, 0.15) is 27.5 Å². The van der Waals surface area contributed by atoms with Gasteiger partial charge >= 0.3 is 6.03 Å². The van der Waals surface area contributed by atoms with Gasteiger partial charge < -0.3 is 25.2 Å². The summed E-state index contributed by atoms with van der Waals surface area (Å²) in [6.45, 7) is 1.07. The lowest BCUT2D eigenvalue weighted by Crippen LogP contribution is -2.37. The summed E-state index contributed by atoms with van der Waals surface area (Å²) in [5.41, 5.74) is 4.28. The van der Waals surface area contributed by atoms with Gasteiger partial charge in [-0.25, -0.2) is 4.79 Å². The quantitative estimate of drug-likeness (QED) is 0.553. The van der Waals surface area contributed by atoms with Crippen molar-refractivity contribution in [3.63, 3.8) is 0 Å². The molecule has 34 heavy (non-hydrogen) atoms. The Hall–Kier alpha value is -3.84. The average molecular weight is 459 g/mol. The van der Waals surface area contributed by atoms with Crippen molar-refractivity contribution in [2.75, 3.05) is 44.5 Å². The summed E-state index contributed by atoms with van der Waals surface area (Å²) in [7, 11) is 5.57. The van der Waals surface area contributed by atoms with E-state index < -0.39 is 0 Å². The van der Waals surface area contributed by atoms with Crippen LogP contribution in [0.25, 0.3) is 0 Å². The molecule has 4 rings (SSSR count). The fourth-order valence-corrected chi connectivity index (χ4v) is 4.25. The molecule has 1 unspecified atom stereocenters. The number of nitrogens with one attached hydrogen (secondary N) is 2. The number of urea groups is 1. The van der Waals surface area contributed by atoms with Crippen LogP contribution in [-0.2, 0) is 6.42 Å². The van der Waals surface area contributed by atoms with Crippen LogP contribution in [0.3, 0.4) is 0 Å². The van der Waals surface area contributed by atoms with Gasteiger partial charge in [0.2, 0.25) is 0 Å². The van der Waals surface area contributed by atoms with Crippen LogP contribution in [0.5, 0.6) is 5.75 Å². The molecule has 3 amide bonds. The molecule has 0 saturated carbocycles. The molecule has 1 aliphatic rings. The maximum Gasteiger partial charge on any atom is 0.319 e. The Morgan fingerprint density at radius 3 is 2.62 bits per heavy atom. The second-order valence-electron chi connectivity index (χ2n) is 8.51. The van der Waals surface area contributed by atoms with Crippen LogP contribution in [0.2, 0.25) is 0 Å². The molecule has 1 aliphatic heterocycles. The lowest BCUT2D eigenvalue weighted by atomic mass is 10.1. The second-order valence-corrected chi connectivity index (χ2v) is 8.51. The van der Waals surface area contributed by atoms with E-state index in [1.165, 1.54) is 5.56 Å². The van der Waals surface area contributed by atoms with E-state index in [2.05, 4.69) is 16.7 Å². The van der Waals surface area contributed by atoms with E-state index in [0.717, 1.165) is 23.4 Å². The van der Waals surface area contributed by atoms with Gasteiger partial charge in [0.05, 0.1) is 13.2 Å². The van der Waals surface area contributed by atoms with Gasteiger partial charge in [-0.1, -0.05) is 36.4 Å². The molecule has 2 N–H and O–H groups in total. The van der Waals surface area contributed by atoms with Crippen LogP contribution in [-0.4, -0.2) is 51.1 Å². The number of para-hydroxylation sites is 1. The number of carbonyl (C=O) groups excluding carboxylic acids is 2. The van der Waals surface area contributed by atoms with Crippen LogP contribution in [0.15, 0.2) is 72.8 Å². The standard InChI is InChI=1S/C27H30N4O3/c1-30(2)25(20-9-7-12-23(17-20)34-3)18-28-27(33)29-22-11-6-10-21(16-22)26(32)31-15-14-19-8-4-5-13-24(19)31/h4-13,16-17,25H,14-15,18H2,1-3H3,(H2,28,29,33). The van der Waals surface area contributed by atoms with Crippen molar-refractivity contribution in [2.45, 2.75) is 12.5 Å². The Balaban J connectivity index is 1.40. The number of fused-ring (bicyclic) bond motifs is 1. The highest BCUT2D eigenvalue weighted by molar-refractivity contribution is 6.08. The monoisotopic (exact) mass is 458 g/mol. The lowest BCUT2D eigenvalue weighted by Gasteiger charge is -2.25. The first-order valence-corrected chi connectivity index (χ1v) is 11.3. The first kappa shape index (κ1) is 23.3. The maximum absolute atomic E-state index is 13.1. The number of carbonyl (C=O) groups is 2. The molecule has 1 atom stereocenters. The van der Waals surface area contributed by atoms with Gasteiger partial charge in [-0.15, -0.1) is 0 Å². The summed E-state index contributed by atoms with van der Waals surface area (Å²) in [5.74, 6) is 0.704. The van der Waals surface area contributed by atoms with Gasteiger partial charge in [-0.3, -0.25) is 4.79 Å². The molecule has 3 aromatic rings. The molecule has 0 aromatic heterocycles. The van der Waals surface area contributed by atoms with Gasteiger partial charge in [0.25, 0.3) is 5.91 Å². The predicted molar refractivity (Wildman–Crippen MR) is 135 cm³/mol. The zero-order chi connectivity index (χ0) is 24.1. The van der Waals surface area contributed by atoms with E-state index in [1.54, 1.807) is 36.3 Å². The van der Waals surface area contributed by atoms with Crippen molar-refractivity contribution in [3.05, 3.63) is 89.5 Å². The van der Waals surface area contributed by atoms with Crippen molar-refractivity contribution < 1.29 is 14.3 Å². The van der Waals surface area contributed by atoms with E-state index >= 15 is 0 Å². The summed E-state index contributed by atoms with van der Waals surface area (Å²) >= 11 is 0. The van der Waals surface area contributed by atoms with E-state index in [9.17, 15) is 9.59 Å². The fraction of sp³-hybridized carbons (Fsp3) is 0.259. The molecule has 0 aliphatic carbocycles. The van der Waals surface area contributed by atoms with Crippen LogP contribution >= 0.6 is 0 Å².